The third kappa shape index (κ3) is 5.98. The van der Waals surface area contributed by atoms with Crippen LogP contribution in [0.4, 0.5) is 0 Å². The lowest BCUT2D eigenvalue weighted by Gasteiger charge is -2.38. The zero-order valence-electron chi connectivity index (χ0n) is 23.0. The summed E-state index contributed by atoms with van der Waals surface area (Å²) >= 11 is 0. The Labute approximate surface area is 233 Å². The number of hydrogen-bond donors (Lipinski definition) is 0. The van der Waals surface area contributed by atoms with Crippen LogP contribution in [0.5, 0.6) is 0 Å². The molecule has 2 aliphatic rings. The Bertz CT molecular complexity index is 1030. The fraction of sp³-hybridized carbons (Fsp3) is 0.333. The molecule has 6 rings (SSSR count). The first kappa shape index (κ1) is 27.3. The Kier molecular flexibility index (Phi) is 9.84. The summed E-state index contributed by atoms with van der Waals surface area (Å²) in [4.78, 5) is 0. The molecule has 4 aromatic rings. The molecule has 2 aliphatic carbocycles. The molecule has 0 aromatic heterocycles. The van der Waals surface area contributed by atoms with Crippen LogP contribution in [0.15, 0.2) is 121 Å². The van der Waals surface area contributed by atoms with E-state index in [9.17, 15) is 0 Å². The quantitative estimate of drug-likeness (QED) is 0.208. The number of benzene rings is 4. The molecule has 0 unspecified atom stereocenters. The van der Waals surface area contributed by atoms with Gasteiger partial charge in [0, 0.05) is 0 Å². The molecule has 196 valence electrons. The molecule has 38 heavy (non-hydrogen) atoms. The highest BCUT2D eigenvalue weighted by atomic mass is 31.1. The van der Waals surface area contributed by atoms with E-state index in [1.165, 1.54) is 38.5 Å². The minimum Gasteiger partial charge on any atom is -0.0683 e. The van der Waals surface area contributed by atoms with Gasteiger partial charge in [0.25, 0.3) is 0 Å². The van der Waals surface area contributed by atoms with Crippen LogP contribution in [0.25, 0.3) is 0 Å². The van der Waals surface area contributed by atoms with Crippen molar-refractivity contribution in [3.63, 3.8) is 0 Å². The molecular weight excluding hydrogens is 494 g/mol. The van der Waals surface area contributed by atoms with Crippen molar-refractivity contribution < 1.29 is 0 Å². The van der Waals surface area contributed by atoms with E-state index in [0.717, 1.165) is 23.2 Å². The number of rotatable bonds is 7. The molecule has 0 nitrogen and oxygen atoms in total. The zero-order chi connectivity index (χ0) is 26.2. The first-order chi connectivity index (χ1) is 18.9. The molecule has 2 fully saturated rings. The van der Waals surface area contributed by atoms with Crippen molar-refractivity contribution in [3.05, 3.63) is 121 Å². The molecule has 0 aliphatic heterocycles. The topological polar surface area (TPSA) is 0 Å². The summed E-state index contributed by atoms with van der Waals surface area (Å²) in [5.41, 5.74) is 1.58. The minimum atomic E-state index is -0.347. The highest BCUT2D eigenvalue weighted by Crippen LogP contribution is 2.59. The van der Waals surface area contributed by atoms with Crippen molar-refractivity contribution in [3.8, 4) is 0 Å². The molecule has 0 saturated heterocycles. The van der Waals surface area contributed by atoms with Crippen molar-refractivity contribution in [1.29, 1.82) is 0 Å². The summed E-state index contributed by atoms with van der Waals surface area (Å²) < 4.78 is 0. The average Bonchev–Trinajstić information content (AvgIpc) is 3.67. The van der Waals surface area contributed by atoms with Crippen LogP contribution < -0.4 is 21.2 Å². The predicted octanol–water partition coefficient (Wildman–Crippen LogP) is 8.62. The van der Waals surface area contributed by atoms with Gasteiger partial charge in [0.2, 0.25) is 0 Å². The Morgan fingerprint density at radius 1 is 0.395 bits per heavy atom. The van der Waals surface area contributed by atoms with Crippen LogP contribution in [0.2, 0.25) is 0 Å². The van der Waals surface area contributed by atoms with Crippen LogP contribution in [0.1, 0.15) is 52.4 Å². The van der Waals surface area contributed by atoms with Gasteiger partial charge in [-0.15, -0.1) is 0 Å². The molecule has 4 atom stereocenters. The first-order valence-corrected chi connectivity index (χ1v) is 17.5. The van der Waals surface area contributed by atoms with Gasteiger partial charge in [-0.2, -0.15) is 0 Å². The highest BCUT2D eigenvalue weighted by Gasteiger charge is 2.46. The van der Waals surface area contributed by atoms with E-state index >= 15 is 0 Å². The van der Waals surface area contributed by atoms with Gasteiger partial charge in [0.1, 0.15) is 0 Å². The lowest BCUT2D eigenvalue weighted by atomic mass is 9.89. The molecule has 0 heterocycles. The van der Waals surface area contributed by atoms with Gasteiger partial charge in [-0.3, -0.25) is 0 Å². The summed E-state index contributed by atoms with van der Waals surface area (Å²) in [6.45, 7) is 4.00. The lowest BCUT2D eigenvalue weighted by Crippen LogP contribution is -2.34. The second-order valence-electron chi connectivity index (χ2n) is 10.4. The molecule has 0 N–H and O–H groups in total. The average molecular weight is 537 g/mol. The standard InChI is InChI=1S/C34H36P2.C2H6/c1-5-15-27(16-6-1)35(28-17-7-2-8-18-28)33-25-13-23-31(33)32-24-14-26-34(32)36(29-19-9-3-10-20-29)30-21-11-4-12-22-30;1-2/h1-12,15-22,31-34H,13-14,23-26H2;1-2H3/t31-,32+,33+,34-;. The molecular formula is C36H42P2. The molecule has 0 bridgehead atoms. The molecule has 2 saturated carbocycles. The van der Waals surface area contributed by atoms with Crippen LogP contribution >= 0.6 is 15.8 Å². The largest absolute Gasteiger partial charge is 0.0683 e. The van der Waals surface area contributed by atoms with Crippen LogP contribution in [-0.2, 0) is 0 Å². The van der Waals surface area contributed by atoms with Crippen LogP contribution in [0, 0.1) is 11.8 Å². The highest BCUT2D eigenvalue weighted by molar-refractivity contribution is 7.74. The molecule has 0 radical (unpaired) electrons. The lowest BCUT2D eigenvalue weighted by molar-refractivity contribution is 0.358. The monoisotopic (exact) mass is 536 g/mol. The van der Waals surface area contributed by atoms with Gasteiger partial charge < -0.3 is 0 Å². The summed E-state index contributed by atoms with van der Waals surface area (Å²) in [7, 11) is -0.694. The molecule has 2 heteroatoms. The maximum absolute atomic E-state index is 2.40. The van der Waals surface area contributed by atoms with Gasteiger partial charge in [-0.1, -0.05) is 148 Å². The van der Waals surface area contributed by atoms with Gasteiger partial charge in [-0.25, -0.2) is 0 Å². The van der Waals surface area contributed by atoms with Crippen molar-refractivity contribution in [2.45, 2.75) is 63.7 Å². The molecule has 4 aromatic carbocycles. The van der Waals surface area contributed by atoms with Gasteiger partial charge in [0.15, 0.2) is 0 Å². The predicted molar refractivity (Wildman–Crippen MR) is 172 cm³/mol. The molecule has 0 amide bonds. The van der Waals surface area contributed by atoms with Crippen molar-refractivity contribution in [2.75, 3.05) is 0 Å². The second-order valence-corrected chi connectivity index (χ2v) is 15.3. The van der Waals surface area contributed by atoms with Crippen LogP contribution in [-0.4, -0.2) is 11.3 Å². The second kappa shape index (κ2) is 13.7. The van der Waals surface area contributed by atoms with E-state index < -0.39 is 0 Å². The van der Waals surface area contributed by atoms with E-state index in [1.54, 1.807) is 21.2 Å². The van der Waals surface area contributed by atoms with E-state index in [0.29, 0.717) is 0 Å². The zero-order valence-corrected chi connectivity index (χ0v) is 24.8. The first-order valence-electron chi connectivity index (χ1n) is 14.7. The van der Waals surface area contributed by atoms with E-state index in [-0.39, 0.29) is 15.8 Å². The van der Waals surface area contributed by atoms with Crippen molar-refractivity contribution in [2.24, 2.45) is 11.8 Å². The van der Waals surface area contributed by atoms with Crippen molar-refractivity contribution >= 4 is 37.1 Å². The summed E-state index contributed by atoms with van der Waals surface area (Å²) in [6.07, 6.45) is 8.39. The summed E-state index contributed by atoms with van der Waals surface area (Å²) in [5.74, 6) is 1.67. The van der Waals surface area contributed by atoms with Crippen molar-refractivity contribution in [1.82, 2.24) is 0 Å². The Morgan fingerprint density at radius 2 is 0.658 bits per heavy atom. The fourth-order valence-corrected chi connectivity index (χ4v) is 13.5. The third-order valence-corrected chi connectivity index (χ3v) is 14.4. The summed E-state index contributed by atoms with van der Waals surface area (Å²) in [5, 5.41) is 6.27. The van der Waals surface area contributed by atoms with E-state index in [4.69, 9.17) is 0 Å². The van der Waals surface area contributed by atoms with E-state index in [1.807, 2.05) is 13.8 Å². The maximum atomic E-state index is 2.40. The third-order valence-electron chi connectivity index (χ3n) is 8.41. The van der Waals surface area contributed by atoms with Crippen LogP contribution in [0.3, 0.4) is 0 Å². The normalized spacial score (nSPS) is 22.8. The fourth-order valence-electron chi connectivity index (χ4n) is 7.00. The minimum absolute atomic E-state index is 0.347. The Hall–Kier alpha value is -2.26. The Morgan fingerprint density at radius 3 is 0.921 bits per heavy atom. The van der Waals surface area contributed by atoms with Gasteiger partial charge in [-0.05, 0) is 85.9 Å². The van der Waals surface area contributed by atoms with E-state index in [2.05, 4.69) is 121 Å². The van der Waals surface area contributed by atoms with Gasteiger partial charge >= 0.3 is 0 Å². The molecule has 0 spiro atoms. The Balaban J connectivity index is 0.00000144. The maximum Gasteiger partial charge on any atom is -0.00976 e. The SMILES string of the molecule is CC.c1ccc(P(c2ccccc2)[C@@H]2CCC[C@H]2[C@H]2CCC[C@@H]2P(c2ccccc2)c2ccccc2)cc1. The number of hydrogen-bond acceptors (Lipinski definition) is 0. The smallest absolute Gasteiger partial charge is 0.00976 e. The van der Waals surface area contributed by atoms with Gasteiger partial charge in [0.05, 0.1) is 0 Å². The summed E-state index contributed by atoms with van der Waals surface area (Å²) in [6, 6.07) is 45.9.